The van der Waals surface area contributed by atoms with Gasteiger partial charge in [0.25, 0.3) is 0 Å². The quantitative estimate of drug-likeness (QED) is 0.836. The van der Waals surface area contributed by atoms with E-state index in [1.165, 1.54) is 5.56 Å². The number of hydrogen-bond acceptors (Lipinski definition) is 1. The lowest BCUT2D eigenvalue weighted by Crippen LogP contribution is -2.42. The van der Waals surface area contributed by atoms with Crippen LogP contribution < -0.4 is 10.6 Å². The maximum atomic E-state index is 12.0. The Kier molecular flexibility index (Phi) is 5.67. The molecule has 0 saturated carbocycles. The Morgan fingerprint density at radius 3 is 2.35 bits per heavy atom. The number of carbonyl (C=O) groups is 1. The number of carbonyl (C=O) groups excluding carboxylic acids is 1. The van der Waals surface area contributed by atoms with Crippen molar-refractivity contribution in [2.75, 3.05) is 6.54 Å². The van der Waals surface area contributed by atoms with Crippen LogP contribution in [0.25, 0.3) is 0 Å². The first-order chi connectivity index (χ1) is 10.9. The maximum Gasteiger partial charge on any atom is 0.315 e. The van der Waals surface area contributed by atoms with Crippen molar-refractivity contribution in [2.24, 2.45) is 0 Å². The van der Waals surface area contributed by atoms with Crippen molar-refractivity contribution in [3.8, 4) is 0 Å². The van der Waals surface area contributed by atoms with Crippen molar-refractivity contribution in [1.29, 1.82) is 0 Å². The minimum atomic E-state index is -0.162. The molecule has 0 radical (unpaired) electrons. The number of aryl methyl sites for hydroxylation is 1. The number of urea groups is 1. The Balaban J connectivity index is 1.86. The zero-order chi connectivity index (χ0) is 16.9. The number of rotatable bonds is 5. The third kappa shape index (κ3) is 5.00. The molecule has 0 spiro atoms. The van der Waals surface area contributed by atoms with Crippen LogP contribution >= 0.6 is 11.6 Å². The molecule has 0 unspecified atom stereocenters. The van der Waals surface area contributed by atoms with E-state index >= 15 is 0 Å². The number of halogens is 1. The highest BCUT2D eigenvalue weighted by Crippen LogP contribution is 2.23. The van der Waals surface area contributed by atoms with Crippen LogP contribution in [0.15, 0.2) is 48.5 Å². The van der Waals surface area contributed by atoms with E-state index in [1.54, 1.807) is 0 Å². The van der Waals surface area contributed by atoms with E-state index in [4.69, 9.17) is 11.6 Å². The van der Waals surface area contributed by atoms with Crippen LogP contribution in [0.5, 0.6) is 0 Å². The highest BCUT2D eigenvalue weighted by Gasteiger charge is 2.21. The Labute approximate surface area is 143 Å². The van der Waals surface area contributed by atoms with Crippen molar-refractivity contribution in [1.82, 2.24) is 10.6 Å². The summed E-state index contributed by atoms with van der Waals surface area (Å²) < 4.78 is 0. The van der Waals surface area contributed by atoms with Crippen LogP contribution in [0.3, 0.4) is 0 Å². The fraction of sp³-hybridized carbons (Fsp3) is 0.316. The largest absolute Gasteiger partial charge is 0.337 e. The molecule has 3 nitrogen and oxygen atoms in total. The van der Waals surface area contributed by atoms with Gasteiger partial charge in [-0.3, -0.25) is 0 Å². The molecular weight excluding hydrogens is 308 g/mol. The summed E-state index contributed by atoms with van der Waals surface area (Å²) in [6.45, 7) is 7.31. The van der Waals surface area contributed by atoms with Crippen molar-refractivity contribution >= 4 is 17.6 Å². The van der Waals surface area contributed by atoms with Crippen molar-refractivity contribution in [3.63, 3.8) is 0 Å². The second kappa shape index (κ2) is 7.51. The average Bonchev–Trinajstić information content (AvgIpc) is 2.53. The molecule has 2 N–H and O–H groups in total. The maximum absolute atomic E-state index is 12.0. The first-order valence-electron chi connectivity index (χ1n) is 7.71. The van der Waals surface area contributed by atoms with Gasteiger partial charge in [-0.2, -0.15) is 0 Å². The summed E-state index contributed by atoms with van der Waals surface area (Å²) in [6, 6.07) is 15.6. The normalized spacial score (nSPS) is 11.1. The topological polar surface area (TPSA) is 41.1 Å². The molecule has 0 aromatic heterocycles. The smallest absolute Gasteiger partial charge is 0.315 e. The molecular formula is C19H23ClN2O. The van der Waals surface area contributed by atoms with E-state index in [0.29, 0.717) is 18.1 Å². The van der Waals surface area contributed by atoms with Gasteiger partial charge in [0.2, 0.25) is 0 Å². The molecule has 0 aliphatic heterocycles. The molecule has 0 heterocycles. The van der Waals surface area contributed by atoms with Crippen LogP contribution in [-0.2, 0) is 12.0 Å². The highest BCUT2D eigenvalue weighted by atomic mass is 35.5. The Hall–Kier alpha value is -2.00. The fourth-order valence-corrected chi connectivity index (χ4v) is 2.48. The first kappa shape index (κ1) is 17.4. The van der Waals surface area contributed by atoms with Gasteiger partial charge in [-0.25, -0.2) is 4.79 Å². The van der Waals surface area contributed by atoms with E-state index < -0.39 is 0 Å². The van der Waals surface area contributed by atoms with E-state index in [0.717, 1.165) is 11.1 Å². The fourth-order valence-electron chi connectivity index (χ4n) is 2.35. The lowest BCUT2D eigenvalue weighted by Gasteiger charge is -2.25. The molecule has 0 aliphatic rings. The number of hydrogen-bond donors (Lipinski definition) is 2. The molecule has 122 valence electrons. The molecule has 2 rings (SSSR count). The van der Waals surface area contributed by atoms with Gasteiger partial charge < -0.3 is 10.6 Å². The minimum absolute atomic E-state index is 0.157. The molecule has 0 fully saturated rings. The van der Waals surface area contributed by atoms with Crippen LogP contribution in [0, 0.1) is 6.92 Å². The number of benzene rings is 2. The SMILES string of the molecule is Cc1ccccc1CNC(=O)NCC(C)(C)c1ccc(Cl)cc1. The number of amides is 2. The third-order valence-corrected chi connectivity index (χ3v) is 4.27. The zero-order valence-corrected chi connectivity index (χ0v) is 14.6. The predicted molar refractivity (Wildman–Crippen MR) is 95.9 cm³/mol. The molecule has 23 heavy (non-hydrogen) atoms. The summed E-state index contributed by atoms with van der Waals surface area (Å²) in [5.41, 5.74) is 3.28. The van der Waals surface area contributed by atoms with Gasteiger partial charge in [0.1, 0.15) is 0 Å². The molecule has 2 aromatic carbocycles. The second-order valence-corrected chi connectivity index (χ2v) is 6.79. The van der Waals surface area contributed by atoms with Crippen molar-refractivity contribution < 1.29 is 4.79 Å². The summed E-state index contributed by atoms with van der Waals surface area (Å²) in [5.74, 6) is 0. The van der Waals surface area contributed by atoms with E-state index in [9.17, 15) is 4.79 Å². The molecule has 0 saturated heterocycles. The second-order valence-electron chi connectivity index (χ2n) is 6.35. The van der Waals surface area contributed by atoms with Crippen LogP contribution in [0.4, 0.5) is 4.79 Å². The molecule has 2 aromatic rings. The highest BCUT2D eigenvalue weighted by molar-refractivity contribution is 6.30. The summed E-state index contributed by atoms with van der Waals surface area (Å²) >= 11 is 5.92. The Bertz CT molecular complexity index is 665. The standard InChI is InChI=1S/C19H23ClN2O/c1-14-6-4-5-7-15(14)12-21-18(23)22-13-19(2,3)16-8-10-17(20)11-9-16/h4-11H,12-13H2,1-3H3,(H2,21,22,23). The van der Waals surface area contributed by atoms with Crippen LogP contribution in [0.1, 0.15) is 30.5 Å². The summed E-state index contributed by atoms with van der Waals surface area (Å²) in [5, 5.41) is 6.56. The summed E-state index contributed by atoms with van der Waals surface area (Å²) in [4.78, 5) is 12.0. The zero-order valence-electron chi connectivity index (χ0n) is 13.8. The van der Waals surface area contributed by atoms with E-state index in [2.05, 4.69) is 24.5 Å². The molecule has 0 bridgehead atoms. The minimum Gasteiger partial charge on any atom is -0.337 e. The monoisotopic (exact) mass is 330 g/mol. The van der Waals surface area contributed by atoms with Crippen molar-refractivity contribution in [2.45, 2.75) is 32.7 Å². The van der Waals surface area contributed by atoms with Crippen molar-refractivity contribution in [3.05, 3.63) is 70.2 Å². The average molecular weight is 331 g/mol. The third-order valence-electron chi connectivity index (χ3n) is 4.02. The van der Waals surface area contributed by atoms with Gasteiger partial charge >= 0.3 is 6.03 Å². The van der Waals surface area contributed by atoms with Gasteiger partial charge in [-0.05, 0) is 35.7 Å². The lowest BCUT2D eigenvalue weighted by atomic mass is 9.85. The molecule has 4 heteroatoms. The van der Waals surface area contributed by atoms with Gasteiger partial charge in [-0.1, -0.05) is 61.8 Å². The van der Waals surface area contributed by atoms with Gasteiger partial charge in [0.05, 0.1) is 0 Å². The van der Waals surface area contributed by atoms with Gasteiger partial charge in [0, 0.05) is 23.5 Å². The Morgan fingerprint density at radius 2 is 1.70 bits per heavy atom. The molecule has 0 aliphatic carbocycles. The van der Waals surface area contributed by atoms with Gasteiger partial charge in [-0.15, -0.1) is 0 Å². The van der Waals surface area contributed by atoms with Crippen LogP contribution in [0.2, 0.25) is 5.02 Å². The summed E-state index contributed by atoms with van der Waals surface area (Å²) in [7, 11) is 0. The predicted octanol–water partition coefficient (Wildman–Crippen LogP) is 4.43. The lowest BCUT2D eigenvalue weighted by molar-refractivity contribution is 0.238. The summed E-state index contributed by atoms with van der Waals surface area (Å²) in [6.07, 6.45) is 0. The Morgan fingerprint density at radius 1 is 1.04 bits per heavy atom. The number of nitrogens with one attached hydrogen (secondary N) is 2. The van der Waals surface area contributed by atoms with Gasteiger partial charge in [0.15, 0.2) is 0 Å². The molecule has 0 atom stereocenters. The van der Waals surface area contributed by atoms with E-state index in [-0.39, 0.29) is 11.4 Å². The van der Waals surface area contributed by atoms with E-state index in [1.807, 2.05) is 55.5 Å². The van der Waals surface area contributed by atoms with Crippen LogP contribution in [-0.4, -0.2) is 12.6 Å². The first-order valence-corrected chi connectivity index (χ1v) is 8.08. The molecule has 2 amide bonds.